The predicted molar refractivity (Wildman–Crippen MR) is 106 cm³/mol. The van der Waals surface area contributed by atoms with Gasteiger partial charge in [0, 0.05) is 30.0 Å². The van der Waals surface area contributed by atoms with Crippen LogP contribution < -0.4 is 9.47 Å². The molecular formula is C23H29NO5. The lowest BCUT2D eigenvalue weighted by atomic mass is 9.53. The number of ether oxygens (including phenoxy) is 3. The molecule has 2 aliphatic carbocycles. The fourth-order valence-electron chi connectivity index (χ4n) is 6.26. The summed E-state index contributed by atoms with van der Waals surface area (Å²) in [7, 11) is 4.25. The maximum absolute atomic E-state index is 12.9. The average molecular weight is 399 g/mol. The molecule has 0 spiro atoms. The van der Waals surface area contributed by atoms with Gasteiger partial charge in [-0.25, -0.2) is 4.79 Å². The zero-order chi connectivity index (χ0) is 20.3. The molecule has 5 rings (SSSR count). The maximum atomic E-state index is 12.9. The van der Waals surface area contributed by atoms with Gasteiger partial charge < -0.3 is 19.1 Å². The second-order valence-electron chi connectivity index (χ2n) is 9.09. The van der Waals surface area contributed by atoms with E-state index in [1.807, 2.05) is 6.07 Å². The van der Waals surface area contributed by atoms with E-state index in [-0.39, 0.29) is 17.2 Å². The standard InChI is InChI=1S/C23H29NO5/c1-4-23-14-8-9-16(25)21(23)29-20-17(28-22(26)18-6-5-11-27-18)10-7-13(19(20)23)12-15(14)24(2)3/h7,10,14-15,18,21H,4-6,8-9,11-12H2,1-3H3/t14?,15-,18?,21+,23+/m1/s1. The smallest absolute Gasteiger partial charge is 0.340 e. The minimum atomic E-state index is -0.505. The van der Waals surface area contributed by atoms with Crippen molar-refractivity contribution in [2.45, 2.75) is 69.1 Å². The second kappa shape index (κ2) is 6.81. The van der Waals surface area contributed by atoms with Crippen LogP contribution in [0.1, 0.15) is 50.2 Å². The van der Waals surface area contributed by atoms with Crippen molar-refractivity contribution >= 4 is 11.8 Å². The Morgan fingerprint density at radius 3 is 2.83 bits per heavy atom. The van der Waals surface area contributed by atoms with E-state index in [0.717, 1.165) is 31.2 Å². The Morgan fingerprint density at radius 1 is 1.31 bits per heavy atom. The van der Waals surface area contributed by atoms with E-state index in [2.05, 4.69) is 32.0 Å². The molecule has 0 N–H and O–H groups in total. The second-order valence-corrected chi connectivity index (χ2v) is 9.09. The van der Waals surface area contributed by atoms with Crippen LogP contribution in [0.2, 0.25) is 0 Å². The molecule has 0 amide bonds. The summed E-state index contributed by atoms with van der Waals surface area (Å²) in [5.74, 6) is 1.19. The third-order valence-corrected chi connectivity index (χ3v) is 7.58. The number of Topliss-reactive ketones (excluding diaryl/α,β-unsaturated/α-hetero) is 1. The van der Waals surface area contributed by atoms with E-state index in [9.17, 15) is 9.59 Å². The molecule has 2 unspecified atom stereocenters. The highest BCUT2D eigenvalue weighted by atomic mass is 16.6. The molecule has 2 aliphatic heterocycles. The number of hydrogen-bond acceptors (Lipinski definition) is 6. The first-order valence-electron chi connectivity index (χ1n) is 10.8. The van der Waals surface area contributed by atoms with Gasteiger partial charge in [-0.05, 0) is 63.7 Å². The first kappa shape index (κ1) is 19.1. The number of nitrogens with zero attached hydrogens (tertiary/aromatic N) is 1. The van der Waals surface area contributed by atoms with Crippen molar-refractivity contribution in [3.8, 4) is 11.5 Å². The predicted octanol–water partition coefficient (Wildman–Crippen LogP) is 2.65. The van der Waals surface area contributed by atoms with Crippen LogP contribution in [0.5, 0.6) is 11.5 Å². The third kappa shape index (κ3) is 2.61. The highest BCUT2D eigenvalue weighted by Gasteiger charge is 2.63. The van der Waals surface area contributed by atoms with Gasteiger partial charge >= 0.3 is 5.97 Å². The number of carbonyl (C=O) groups is 2. The van der Waals surface area contributed by atoms with Gasteiger partial charge in [0.2, 0.25) is 0 Å². The van der Waals surface area contributed by atoms with E-state index in [0.29, 0.717) is 42.9 Å². The number of carbonyl (C=O) groups excluding carboxylic acids is 2. The molecule has 1 aromatic rings. The topological polar surface area (TPSA) is 65.1 Å². The van der Waals surface area contributed by atoms with Crippen LogP contribution in [0.15, 0.2) is 12.1 Å². The first-order chi connectivity index (χ1) is 14.0. The van der Waals surface area contributed by atoms with Crippen molar-refractivity contribution in [3.63, 3.8) is 0 Å². The van der Waals surface area contributed by atoms with Crippen molar-refractivity contribution in [1.29, 1.82) is 0 Å². The van der Waals surface area contributed by atoms with Crippen LogP contribution in [-0.4, -0.2) is 55.6 Å². The molecular weight excluding hydrogens is 370 g/mol. The highest BCUT2D eigenvalue weighted by molar-refractivity contribution is 5.89. The van der Waals surface area contributed by atoms with E-state index in [1.54, 1.807) is 0 Å². The van der Waals surface area contributed by atoms with Crippen molar-refractivity contribution in [2.75, 3.05) is 20.7 Å². The van der Waals surface area contributed by atoms with Gasteiger partial charge in [0.1, 0.15) is 0 Å². The lowest BCUT2D eigenvalue weighted by Crippen LogP contribution is -2.60. The summed E-state index contributed by atoms with van der Waals surface area (Å²) in [4.78, 5) is 27.8. The minimum Gasteiger partial charge on any atom is -0.477 e. The minimum absolute atomic E-state index is 0.168. The normalized spacial score (nSPS) is 34.8. The molecule has 0 aromatic heterocycles. The quantitative estimate of drug-likeness (QED) is 0.573. The number of ketones is 1. The molecule has 156 valence electrons. The number of hydrogen-bond donors (Lipinski definition) is 0. The lowest BCUT2D eigenvalue weighted by molar-refractivity contribution is -0.144. The molecule has 2 heterocycles. The maximum Gasteiger partial charge on any atom is 0.340 e. The van der Waals surface area contributed by atoms with Crippen LogP contribution in [-0.2, 0) is 26.2 Å². The fraction of sp³-hybridized carbons (Fsp3) is 0.652. The fourth-order valence-corrected chi connectivity index (χ4v) is 6.26. The molecule has 0 radical (unpaired) electrons. The summed E-state index contributed by atoms with van der Waals surface area (Å²) in [5, 5.41) is 0. The van der Waals surface area contributed by atoms with Crippen molar-refractivity contribution < 1.29 is 23.8 Å². The van der Waals surface area contributed by atoms with Gasteiger partial charge in [-0.3, -0.25) is 4.79 Å². The third-order valence-electron chi connectivity index (χ3n) is 7.58. The lowest BCUT2D eigenvalue weighted by Gasteiger charge is -2.52. The average Bonchev–Trinajstić information content (AvgIpc) is 3.36. The largest absolute Gasteiger partial charge is 0.477 e. The Morgan fingerprint density at radius 2 is 2.14 bits per heavy atom. The first-order valence-corrected chi connectivity index (χ1v) is 10.8. The van der Waals surface area contributed by atoms with E-state index < -0.39 is 12.2 Å². The van der Waals surface area contributed by atoms with Crippen LogP contribution in [0.4, 0.5) is 0 Å². The Bertz CT molecular complexity index is 859. The molecule has 0 bridgehead atoms. The summed E-state index contributed by atoms with van der Waals surface area (Å²) in [5.41, 5.74) is 1.99. The highest BCUT2D eigenvalue weighted by Crippen LogP contribution is 2.61. The monoisotopic (exact) mass is 399 g/mol. The van der Waals surface area contributed by atoms with Crippen molar-refractivity contribution in [3.05, 3.63) is 23.3 Å². The molecule has 1 saturated carbocycles. The van der Waals surface area contributed by atoms with Crippen molar-refractivity contribution in [1.82, 2.24) is 4.90 Å². The molecule has 1 aromatic carbocycles. The van der Waals surface area contributed by atoms with Gasteiger partial charge in [0.25, 0.3) is 0 Å². The van der Waals surface area contributed by atoms with Gasteiger partial charge in [-0.1, -0.05) is 13.0 Å². The van der Waals surface area contributed by atoms with E-state index in [4.69, 9.17) is 14.2 Å². The van der Waals surface area contributed by atoms with Crippen molar-refractivity contribution in [2.24, 2.45) is 5.92 Å². The Kier molecular flexibility index (Phi) is 4.48. The summed E-state index contributed by atoms with van der Waals surface area (Å²) >= 11 is 0. The Balaban J connectivity index is 1.61. The molecule has 6 nitrogen and oxygen atoms in total. The number of benzene rings is 1. The van der Waals surface area contributed by atoms with Crippen LogP contribution in [0.25, 0.3) is 0 Å². The summed E-state index contributed by atoms with van der Waals surface area (Å²) in [6, 6.07) is 4.26. The number of rotatable bonds is 4. The molecule has 2 fully saturated rings. The number of likely N-dealkylation sites (N-methyl/N-ethyl adjacent to an activating group) is 1. The SMILES string of the molecule is CC[C@]12c3c4ccc(OC(=O)C5CCCO5)c3O[C@H]1C(=O)CCC2[C@H](N(C)C)C4. The Labute approximate surface area is 171 Å². The summed E-state index contributed by atoms with van der Waals surface area (Å²) in [6.45, 7) is 2.75. The van der Waals surface area contributed by atoms with Gasteiger partial charge in [-0.2, -0.15) is 0 Å². The summed E-state index contributed by atoms with van der Waals surface area (Å²) < 4.78 is 17.6. The van der Waals surface area contributed by atoms with Gasteiger partial charge in [0.05, 0.1) is 0 Å². The zero-order valence-electron chi connectivity index (χ0n) is 17.4. The number of esters is 1. The molecule has 29 heavy (non-hydrogen) atoms. The molecule has 6 heteroatoms. The zero-order valence-corrected chi connectivity index (χ0v) is 17.4. The molecule has 1 saturated heterocycles. The van der Waals surface area contributed by atoms with Gasteiger partial charge in [0.15, 0.2) is 29.5 Å². The summed E-state index contributed by atoms with van der Waals surface area (Å²) in [6.07, 6.45) is 3.76. The Hall–Kier alpha value is -1.92. The van der Waals surface area contributed by atoms with Crippen LogP contribution >= 0.6 is 0 Å². The molecule has 5 atom stereocenters. The molecule has 4 aliphatic rings. The van der Waals surface area contributed by atoms with E-state index in [1.165, 1.54) is 5.56 Å². The van der Waals surface area contributed by atoms with E-state index >= 15 is 0 Å². The van der Waals surface area contributed by atoms with Crippen LogP contribution in [0, 0.1) is 5.92 Å². The van der Waals surface area contributed by atoms with Crippen LogP contribution in [0.3, 0.4) is 0 Å². The van der Waals surface area contributed by atoms with Gasteiger partial charge in [-0.15, -0.1) is 0 Å².